The Morgan fingerprint density at radius 3 is 2.62 bits per heavy atom. The van der Waals surface area contributed by atoms with Gasteiger partial charge in [-0.3, -0.25) is 0 Å². The van der Waals surface area contributed by atoms with Gasteiger partial charge in [0.1, 0.15) is 11.6 Å². The fourth-order valence-electron chi connectivity index (χ4n) is 2.50. The Morgan fingerprint density at radius 1 is 0.962 bits per heavy atom. The van der Waals surface area contributed by atoms with Crippen LogP contribution >= 0.6 is 22.9 Å². The molecule has 126 valence electrons. The first-order chi connectivity index (χ1) is 12.7. The van der Waals surface area contributed by atoms with E-state index in [0.717, 1.165) is 21.0 Å². The first-order valence-electron chi connectivity index (χ1n) is 7.87. The Hall–Kier alpha value is -2.87. The lowest BCUT2D eigenvalue weighted by Gasteiger charge is -2.01. The Bertz CT molecular complexity index is 1100. The van der Waals surface area contributed by atoms with Gasteiger partial charge < -0.3 is 4.98 Å². The van der Waals surface area contributed by atoms with E-state index in [2.05, 4.69) is 21.8 Å². The van der Waals surface area contributed by atoms with Crippen LogP contribution in [0.3, 0.4) is 0 Å². The zero-order valence-electron chi connectivity index (χ0n) is 13.5. The highest BCUT2D eigenvalue weighted by atomic mass is 35.5. The van der Waals surface area contributed by atoms with Crippen LogP contribution in [-0.4, -0.2) is 9.97 Å². The monoisotopic (exact) mass is 378 g/mol. The van der Waals surface area contributed by atoms with E-state index >= 15 is 0 Å². The minimum atomic E-state index is -0.404. The number of nitrogens with one attached hydrogen (secondary N) is 1. The highest BCUT2D eigenvalue weighted by Gasteiger charge is 2.14. The van der Waals surface area contributed by atoms with E-state index in [1.54, 1.807) is 29.7 Å². The standard InChI is InChI=1S/C21H12ClFN2S/c22-16-7-4-8-17(23)20(16)21-24-13-18(25-21)19-12-11-15(26-19)10-9-14-5-2-1-3-6-14/h1-8,11-13H,(H,24,25). The molecule has 4 rings (SSSR count). The third-order valence-corrected chi connectivity index (χ3v) is 5.10. The fraction of sp³-hybridized carbons (Fsp3) is 0. The van der Waals surface area contributed by atoms with Gasteiger partial charge >= 0.3 is 0 Å². The van der Waals surface area contributed by atoms with Gasteiger partial charge in [-0.25, -0.2) is 9.37 Å². The molecule has 0 aliphatic heterocycles. The van der Waals surface area contributed by atoms with E-state index in [9.17, 15) is 4.39 Å². The first-order valence-corrected chi connectivity index (χ1v) is 9.07. The van der Waals surface area contributed by atoms with Crippen molar-refractivity contribution in [1.29, 1.82) is 0 Å². The summed E-state index contributed by atoms with van der Waals surface area (Å²) in [6.45, 7) is 0. The molecule has 0 aliphatic rings. The van der Waals surface area contributed by atoms with Crippen molar-refractivity contribution in [1.82, 2.24) is 9.97 Å². The number of halogens is 2. The van der Waals surface area contributed by atoms with E-state index in [0.29, 0.717) is 10.8 Å². The van der Waals surface area contributed by atoms with Gasteiger partial charge in [-0.2, -0.15) is 0 Å². The summed E-state index contributed by atoms with van der Waals surface area (Å²) in [6.07, 6.45) is 1.68. The molecule has 0 spiro atoms. The van der Waals surface area contributed by atoms with Crippen LogP contribution in [0.5, 0.6) is 0 Å². The van der Waals surface area contributed by atoms with Crippen molar-refractivity contribution < 1.29 is 4.39 Å². The normalized spacial score (nSPS) is 10.4. The predicted octanol–water partition coefficient (Wildman–Crippen LogP) is 6.00. The van der Waals surface area contributed by atoms with Crippen molar-refractivity contribution in [2.45, 2.75) is 0 Å². The third kappa shape index (κ3) is 3.41. The van der Waals surface area contributed by atoms with Crippen molar-refractivity contribution in [3.05, 3.63) is 88.1 Å². The topological polar surface area (TPSA) is 28.7 Å². The zero-order chi connectivity index (χ0) is 17.9. The average molecular weight is 379 g/mol. The lowest BCUT2D eigenvalue weighted by Crippen LogP contribution is -1.87. The minimum Gasteiger partial charge on any atom is -0.337 e. The smallest absolute Gasteiger partial charge is 0.142 e. The molecule has 2 aromatic carbocycles. The quantitative estimate of drug-likeness (QED) is 0.426. The molecule has 1 N–H and O–H groups in total. The molecule has 0 unspecified atom stereocenters. The zero-order valence-corrected chi connectivity index (χ0v) is 15.0. The van der Waals surface area contributed by atoms with Gasteiger partial charge in [-0.15, -0.1) is 11.3 Å². The molecular weight excluding hydrogens is 367 g/mol. The molecule has 0 fully saturated rings. The molecule has 26 heavy (non-hydrogen) atoms. The van der Waals surface area contributed by atoms with Gasteiger partial charge in [0.15, 0.2) is 0 Å². The molecule has 2 nitrogen and oxygen atoms in total. The van der Waals surface area contributed by atoms with E-state index < -0.39 is 5.82 Å². The Labute approximate surface area is 159 Å². The maximum Gasteiger partial charge on any atom is 0.142 e. The summed E-state index contributed by atoms with van der Waals surface area (Å²) in [5.41, 5.74) is 2.05. The molecule has 4 aromatic rings. The molecule has 2 heterocycles. The lowest BCUT2D eigenvalue weighted by molar-refractivity contribution is 0.630. The van der Waals surface area contributed by atoms with Crippen molar-refractivity contribution in [3.8, 4) is 33.8 Å². The summed E-state index contributed by atoms with van der Waals surface area (Å²) in [6, 6.07) is 18.4. The number of hydrogen-bond acceptors (Lipinski definition) is 2. The van der Waals surface area contributed by atoms with E-state index in [1.165, 1.54) is 6.07 Å². The van der Waals surface area contributed by atoms with Gasteiger partial charge in [0, 0.05) is 5.56 Å². The van der Waals surface area contributed by atoms with Gasteiger partial charge in [0.25, 0.3) is 0 Å². The van der Waals surface area contributed by atoms with Gasteiger partial charge in [0.2, 0.25) is 0 Å². The van der Waals surface area contributed by atoms with Crippen LogP contribution in [0.1, 0.15) is 10.4 Å². The number of nitrogens with zero attached hydrogens (tertiary/aromatic N) is 1. The summed E-state index contributed by atoms with van der Waals surface area (Å²) in [5.74, 6) is 6.31. The summed E-state index contributed by atoms with van der Waals surface area (Å²) >= 11 is 7.66. The molecular formula is C21H12ClFN2S. The number of hydrogen-bond donors (Lipinski definition) is 1. The van der Waals surface area contributed by atoms with Crippen LogP contribution in [0.25, 0.3) is 22.0 Å². The van der Waals surface area contributed by atoms with Crippen LogP contribution in [-0.2, 0) is 0 Å². The predicted molar refractivity (Wildman–Crippen MR) is 105 cm³/mol. The SMILES string of the molecule is Fc1cccc(Cl)c1-c1ncc(-c2ccc(C#Cc3ccccc3)s2)[nH]1. The van der Waals surface area contributed by atoms with Crippen molar-refractivity contribution in [3.63, 3.8) is 0 Å². The largest absolute Gasteiger partial charge is 0.337 e. The van der Waals surface area contributed by atoms with Crippen molar-refractivity contribution >= 4 is 22.9 Å². The number of thiophene rings is 1. The average Bonchev–Trinajstić information content (AvgIpc) is 3.30. The Kier molecular flexibility index (Phi) is 4.57. The van der Waals surface area contributed by atoms with Crippen LogP contribution in [0.4, 0.5) is 4.39 Å². The highest BCUT2D eigenvalue weighted by Crippen LogP contribution is 2.32. The van der Waals surface area contributed by atoms with Crippen LogP contribution in [0.2, 0.25) is 5.02 Å². The van der Waals surface area contributed by atoms with Crippen LogP contribution in [0.15, 0.2) is 66.9 Å². The van der Waals surface area contributed by atoms with Crippen molar-refractivity contribution in [2.24, 2.45) is 0 Å². The van der Waals surface area contributed by atoms with Crippen LogP contribution in [0, 0.1) is 17.7 Å². The number of aromatic amines is 1. The lowest BCUT2D eigenvalue weighted by atomic mass is 10.2. The second-order valence-corrected chi connectivity index (χ2v) is 7.01. The summed E-state index contributed by atoms with van der Waals surface area (Å²) in [7, 11) is 0. The maximum absolute atomic E-state index is 14.1. The van der Waals surface area contributed by atoms with E-state index in [4.69, 9.17) is 11.6 Å². The molecule has 0 saturated heterocycles. The molecule has 5 heteroatoms. The molecule has 0 saturated carbocycles. The van der Waals surface area contributed by atoms with E-state index in [-0.39, 0.29) is 5.56 Å². The van der Waals surface area contributed by atoms with Gasteiger partial charge in [0.05, 0.1) is 32.2 Å². The number of imidazole rings is 1. The molecule has 0 radical (unpaired) electrons. The second-order valence-electron chi connectivity index (χ2n) is 5.52. The molecule has 0 aliphatic carbocycles. The molecule has 2 aromatic heterocycles. The second kappa shape index (κ2) is 7.17. The molecule has 0 amide bonds. The number of H-pyrrole nitrogens is 1. The summed E-state index contributed by atoms with van der Waals surface area (Å²) in [4.78, 5) is 9.35. The summed E-state index contributed by atoms with van der Waals surface area (Å²) in [5, 5.41) is 0.325. The third-order valence-electron chi connectivity index (χ3n) is 3.75. The number of rotatable bonds is 2. The van der Waals surface area contributed by atoms with Gasteiger partial charge in [-0.1, -0.05) is 47.7 Å². The fourth-order valence-corrected chi connectivity index (χ4v) is 3.58. The summed E-state index contributed by atoms with van der Waals surface area (Å²) < 4.78 is 14.1. The molecule has 0 atom stereocenters. The Balaban J connectivity index is 1.62. The number of benzene rings is 2. The van der Waals surface area contributed by atoms with Crippen LogP contribution < -0.4 is 0 Å². The number of aromatic nitrogens is 2. The van der Waals surface area contributed by atoms with Gasteiger partial charge in [-0.05, 0) is 36.4 Å². The van der Waals surface area contributed by atoms with Crippen molar-refractivity contribution in [2.75, 3.05) is 0 Å². The minimum absolute atomic E-state index is 0.279. The molecule has 0 bridgehead atoms. The highest BCUT2D eigenvalue weighted by molar-refractivity contribution is 7.16. The Morgan fingerprint density at radius 2 is 1.81 bits per heavy atom. The maximum atomic E-state index is 14.1. The van der Waals surface area contributed by atoms with E-state index in [1.807, 2.05) is 42.5 Å². The first kappa shape index (κ1) is 16.6.